The Bertz CT molecular complexity index is 319. The van der Waals surface area contributed by atoms with Crippen LogP contribution in [0.2, 0.25) is 0 Å². The van der Waals surface area contributed by atoms with Crippen LogP contribution in [0, 0.1) is 5.92 Å². The van der Waals surface area contributed by atoms with Crippen molar-refractivity contribution in [3.05, 3.63) is 30.1 Å². The summed E-state index contributed by atoms with van der Waals surface area (Å²) >= 11 is 0. The predicted octanol–water partition coefficient (Wildman–Crippen LogP) is 1.81. The highest BCUT2D eigenvalue weighted by Crippen LogP contribution is 2.32. The molecule has 3 heteroatoms. The molecule has 1 aromatic rings. The third kappa shape index (κ3) is 2.80. The van der Waals surface area contributed by atoms with Gasteiger partial charge < -0.3 is 5.73 Å². The lowest BCUT2D eigenvalue weighted by Crippen LogP contribution is -2.38. The van der Waals surface area contributed by atoms with Crippen LogP contribution in [-0.4, -0.2) is 29.5 Å². The first kappa shape index (κ1) is 11.6. The van der Waals surface area contributed by atoms with E-state index in [1.54, 1.807) is 0 Å². The number of nitrogens with two attached hydrogens (primary N) is 1. The molecule has 88 valence electrons. The van der Waals surface area contributed by atoms with Crippen molar-refractivity contribution in [2.75, 3.05) is 13.6 Å². The van der Waals surface area contributed by atoms with Crippen LogP contribution in [0.1, 0.15) is 31.4 Å². The number of rotatable bonds is 5. The molecule has 0 bridgehead atoms. The minimum absolute atomic E-state index is 0.145. The predicted molar refractivity (Wildman–Crippen MR) is 66.0 cm³/mol. The number of aromatic nitrogens is 1. The van der Waals surface area contributed by atoms with E-state index in [0.29, 0.717) is 6.04 Å². The molecule has 1 aromatic heterocycles. The third-order valence-corrected chi connectivity index (χ3v) is 3.26. The molecule has 0 aromatic carbocycles. The van der Waals surface area contributed by atoms with Crippen molar-refractivity contribution >= 4 is 0 Å². The van der Waals surface area contributed by atoms with Gasteiger partial charge in [-0.1, -0.05) is 0 Å². The quantitative estimate of drug-likeness (QED) is 0.821. The lowest BCUT2D eigenvalue weighted by atomic mass is 10.0. The Morgan fingerprint density at radius 2 is 2.06 bits per heavy atom. The fourth-order valence-corrected chi connectivity index (χ4v) is 2.34. The molecule has 2 unspecified atom stereocenters. The third-order valence-electron chi connectivity index (χ3n) is 3.26. The van der Waals surface area contributed by atoms with Gasteiger partial charge in [0.05, 0.1) is 0 Å². The lowest BCUT2D eigenvalue weighted by molar-refractivity contribution is 0.210. The van der Waals surface area contributed by atoms with Gasteiger partial charge in [-0.05, 0) is 50.4 Å². The average Bonchev–Trinajstić information content (AvgIpc) is 3.03. The smallest absolute Gasteiger partial charge is 0.0494 e. The number of hydrogen-bond acceptors (Lipinski definition) is 3. The molecule has 1 heterocycles. The molecule has 2 rings (SSSR count). The number of pyridine rings is 1. The zero-order valence-corrected chi connectivity index (χ0v) is 10.1. The summed E-state index contributed by atoms with van der Waals surface area (Å²) in [5, 5.41) is 0. The van der Waals surface area contributed by atoms with Crippen molar-refractivity contribution in [1.82, 2.24) is 9.88 Å². The molecule has 1 aliphatic carbocycles. The van der Waals surface area contributed by atoms with E-state index in [0.717, 1.165) is 12.5 Å². The van der Waals surface area contributed by atoms with Crippen LogP contribution < -0.4 is 5.73 Å². The second kappa shape index (κ2) is 4.93. The van der Waals surface area contributed by atoms with E-state index < -0.39 is 0 Å². The zero-order valence-electron chi connectivity index (χ0n) is 10.1. The van der Waals surface area contributed by atoms with E-state index in [1.165, 1.54) is 18.4 Å². The van der Waals surface area contributed by atoms with E-state index in [4.69, 9.17) is 5.73 Å². The van der Waals surface area contributed by atoms with Crippen LogP contribution in [0.4, 0.5) is 0 Å². The highest BCUT2D eigenvalue weighted by molar-refractivity contribution is 5.17. The fraction of sp³-hybridized carbons (Fsp3) is 0.615. The first-order chi connectivity index (χ1) is 7.68. The Kier molecular flexibility index (Phi) is 3.56. The first-order valence-electron chi connectivity index (χ1n) is 6.04. The molecule has 2 atom stereocenters. The van der Waals surface area contributed by atoms with Gasteiger partial charge in [0, 0.05) is 31.0 Å². The Balaban J connectivity index is 2.09. The van der Waals surface area contributed by atoms with Gasteiger partial charge in [0.25, 0.3) is 0 Å². The highest BCUT2D eigenvalue weighted by atomic mass is 15.1. The Hall–Kier alpha value is -0.930. The van der Waals surface area contributed by atoms with E-state index >= 15 is 0 Å². The van der Waals surface area contributed by atoms with Crippen LogP contribution >= 0.6 is 0 Å². The Morgan fingerprint density at radius 1 is 1.44 bits per heavy atom. The van der Waals surface area contributed by atoms with Gasteiger partial charge in [0.2, 0.25) is 0 Å². The van der Waals surface area contributed by atoms with Gasteiger partial charge in [-0.25, -0.2) is 0 Å². The van der Waals surface area contributed by atoms with Crippen molar-refractivity contribution in [3.63, 3.8) is 0 Å². The summed E-state index contributed by atoms with van der Waals surface area (Å²) in [5.41, 5.74) is 7.38. The lowest BCUT2D eigenvalue weighted by Gasteiger charge is -2.31. The van der Waals surface area contributed by atoms with Crippen LogP contribution in [0.3, 0.4) is 0 Å². The Labute approximate surface area is 97.7 Å². The number of nitrogens with zero attached hydrogens (tertiary/aromatic N) is 2. The molecule has 0 spiro atoms. The van der Waals surface area contributed by atoms with Crippen molar-refractivity contribution in [2.24, 2.45) is 11.7 Å². The SMILES string of the molecule is CC(N)C(c1ccncc1)N(C)CC1CC1. The molecule has 0 saturated heterocycles. The highest BCUT2D eigenvalue weighted by Gasteiger charge is 2.28. The van der Waals surface area contributed by atoms with Crippen molar-refractivity contribution in [3.8, 4) is 0 Å². The minimum atomic E-state index is 0.145. The largest absolute Gasteiger partial charge is 0.326 e. The summed E-state index contributed by atoms with van der Waals surface area (Å²) in [5.74, 6) is 0.896. The molecule has 0 amide bonds. The minimum Gasteiger partial charge on any atom is -0.326 e. The maximum absolute atomic E-state index is 6.10. The van der Waals surface area contributed by atoms with E-state index in [2.05, 4.69) is 36.0 Å². The van der Waals surface area contributed by atoms with Gasteiger partial charge in [-0.3, -0.25) is 9.88 Å². The number of hydrogen-bond donors (Lipinski definition) is 1. The van der Waals surface area contributed by atoms with Crippen LogP contribution in [0.25, 0.3) is 0 Å². The van der Waals surface area contributed by atoms with E-state index in [9.17, 15) is 0 Å². The van der Waals surface area contributed by atoms with Crippen molar-refractivity contribution in [2.45, 2.75) is 31.8 Å². The molecule has 16 heavy (non-hydrogen) atoms. The topological polar surface area (TPSA) is 42.1 Å². The molecule has 1 fully saturated rings. The van der Waals surface area contributed by atoms with Crippen LogP contribution in [0.15, 0.2) is 24.5 Å². The fourth-order valence-electron chi connectivity index (χ4n) is 2.34. The summed E-state index contributed by atoms with van der Waals surface area (Å²) in [6.45, 7) is 3.24. The van der Waals surface area contributed by atoms with Crippen LogP contribution in [-0.2, 0) is 0 Å². The molecule has 0 radical (unpaired) electrons. The molecular formula is C13H21N3. The van der Waals surface area contributed by atoms with Gasteiger partial charge in [0.1, 0.15) is 0 Å². The summed E-state index contributed by atoms with van der Waals surface area (Å²) < 4.78 is 0. The van der Waals surface area contributed by atoms with E-state index in [-0.39, 0.29) is 6.04 Å². The van der Waals surface area contributed by atoms with Gasteiger partial charge in [-0.15, -0.1) is 0 Å². The molecular weight excluding hydrogens is 198 g/mol. The second-order valence-corrected chi connectivity index (χ2v) is 4.97. The summed E-state index contributed by atoms with van der Waals surface area (Å²) in [6, 6.07) is 4.59. The second-order valence-electron chi connectivity index (χ2n) is 4.97. The van der Waals surface area contributed by atoms with Gasteiger partial charge >= 0.3 is 0 Å². The molecule has 2 N–H and O–H groups in total. The summed E-state index contributed by atoms with van der Waals surface area (Å²) in [6.07, 6.45) is 6.45. The monoisotopic (exact) mass is 219 g/mol. The van der Waals surface area contributed by atoms with Gasteiger partial charge in [0.15, 0.2) is 0 Å². The molecule has 0 aliphatic heterocycles. The Morgan fingerprint density at radius 3 is 2.56 bits per heavy atom. The van der Waals surface area contributed by atoms with Crippen LogP contribution in [0.5, 0.6) is 0 Å². The first-order valence-corrected chi connectivity index (χ1v) is 6.04. The standard InChI is InChI=1S/C13H21N3/c1-10(14)13(12-5-7-15-8-6-12)16(2)9-11-3-4-11/h5-8,10-11,13H,3-4,9,14H2,1-2H3. The van der Waals surface area contributed by atoms with Gasteiger partial charge in [-0.2, -0.15) is 0 Å². The van der Waals surface area contributed by atoms with Crippen molar-refractivity contribution in [1.29, 1.82) is 0 Å². The zero-order chi connectivity index (χ0) is 11.5. The maximum atomic E-state index is 6.10. The summed E-state index contributed by atoms with van der Waals surface area (Å²) in [7, 11) is 2.17. The van der Waals surface area contributed by atoms with E-state index in [1.807, 2.05) is 12.4 Å². The normalized spacial score (nSPS) is 19.8. The summed E-state index contributed by atoms with van der Waals surface area (Å²) in [4.78, 5) is 6.45. The van der Waals surface area contributed by atoms with Crippen molar-refractivity contribution < 1.29 is 0 Å². The molecule has 3 nitrogen and oxygen atoms in total. The molecule has 1 aliphatic rings. The maximum Gasteiger partial charge on any atom is 0.0494 e. The molecule has 1 saturated carbocycles. The number of likely N-dealkylation sites (N-methyl/N-ethyl adjacent to an activating group) is 1. The average molecular weight is 219 g/mol.